The van der Waals surface area contributed by atoms with Crippen LogP contribution in [-0.2, 0) is 9.53 Å². The Labute approximate surface area is 137 Å². The molecule has 0 bridgehead atoms. The van der Waals surface area contributed by atoms with Gasteiger partial charge in [0.15, 0.2) is 6.61 Å². The van der Waals surface area contributed by atoms with Crippen LogP contribution in [0.5, 0.6) is 0 Å². The molecule has 0 saturated heterocycles. The zero-order chi connectivity index (χ0) is 17.7. The van der Waals surface area contributed by atoms with Crippen molar-refractivity contribution in [1.82, 2.24) is 4.98 Å². The van der Waals surface area contributed by atoms with E-state index in [4.69, 9.17) is 4.74 Å². The third-order valence-electron chi connectivity index (χ3n) is 3.33. The zero-order valence-corrected chi connectivity index (χ0v) is 13.1. The standard InChI is InChI=1S/C16H15N3O5/c1-10-7-13(14(19(22)23)8-11(10)2)18-15(20)9-24-16(21)12-3-5-17-6-4-12/h3-8H,9H2,1-2H3,(H,18,20). The van der Waals surface area contributed by atoms with Gasteiger partial charge in [-0.2, -0.15) is 0 Å². The number of ether oxygens (including phenoxy) is 1. The van der Waals surface area contributed by atoms with Gasteiger partial charge in [0.2, 0.25) is 0 Å². The Morgan fingerprint density at radius 1 is 1.21 bits per heavy atom. The molecule has 1 amide bonds. The second-order valence-electron chi connectivity index (χ2n) is 5.07. The van der Waals surface area contributed by atoms with E-state index in [0.29, 0.717) is 0 Å². The van der Waals surface area contributed by atoms with E-state index in [0.717, 1.165) is 11.1 Å². The number of hydrogen-bond acceptors (Lipinski definition) is 6. The van der Waals surface area contributed by atoms with Crippen molar-refractivity contribution in [2.75, 3.05) is 11.9 Å². The summed E-state index contributed by atoms with van der Waals surface area (Å²) in [4.78, 5) is 37.9. The quantitative estimate of drug-likeness (QED) is 0.512. The Morgan fingerprint density at radius 3 is 2.46 bits per heavy atom. The van der Waals surface area contributed by atoms with Gasteiger partial charge in [0, 0.05) is 18.5 Å². The van der Waals surface area contributed by atoms with Gasteiger partial charge in [0.25, 0.3) is 11.6 Å². The lowest BCUT2D eigenvalue weighted by atomic mass is 10.1. The van der Waals surface area contributed by atoms with Gasteiger partial charge in [-0.1, -0.05) is 0 Å². The number of carbonyl (C=O) groups excluding carboxylic acids is 2. The highest BCUT2D eigenvalue weighted by atomic mass is 16.6. The van der Waals surface area contributed by atoms with Crippen LogP contribution in [0.1, 0.15) is 21.5 Å². The van der Waals surface area contributed by atoms with E-state index in [1.807, 2.05) is 0 Å². The molecule has 0 radical (unpaired) electrons. The Kier molecular flexibility index (Phi) is 5.20. The molecule has 1 heterocycles. The first-order valence-electron chi connectivity index (χ1n) is 7.01. The molecular weight excluding hydrogens is 314 g/mol. The van der Waals surface area contributed by atoms with Crippen molar-refractivity contribution >= 4 is 23.3 Å². The molecule has 0 saturated carbocycles. The summed E-state index contributed by atoms with van der Waals surface area (Å²) in [5, 5.41) is 13.5. The molecule has 8 nitrogen and oxygen atoms in total. The van der Waals surface area contributed by atoms with E-state index >= 15 is 0 Å². The molecule has 0 unspecified atom stereocenters. The smallest absolute Gasteiger partial charge is 0.338 e. The molecule has 24 heavy (non-hydrogen) atoms. The Hall–Kier alpha value is -3.29. The van der Waals surface area contributed by atoms with Gasteiger partial charge in [-0.3, -0.25) is 19.9 Å². The first kappa shape index (κ1) is 17.1. The molecule has 0 aliphatic heterocycles. The van der Waals surface area contributed by atoms with E-state index in [-0.39, 0.29) is 16.9 Å². The normalized spacial score (nSPS) is 10.1. The highest BCUT2D eigenvalue weighted by Crippen LogP contribution is 2.27. The lowest BCUT2D eigenvalue weighted by Crippen LogP contribution is -2.21. The van der Waals surface area contributed by atoms with Crippen molar-refractivity contribution in [3.05, 3.63) is 63.5 Å². The van der Waals surface area contributed by atoms with Gasteiger partial charge >= 0.3 is 5.97 Å². The SMILES string of the molecule is Cc1cc(NC(=O)COC(=O)c2ccncc2)c([N+](=O)[O-])cc1C. The lowest BCUT2D eigenvalue weighted by molar-refractivity contribution is -0.384. The van der Waals surface area contributed by atoms with Crippen LogP contribution in [0.25, 0.3) is 0 Å². The summed E-state index contributed by atoms with van der Waals surface area (Å²) in [6, 6.07) is 5.80. The molecule has 8 heteroatoms. The molecule has 1 aromatic heterocycles. The zero-order valence-electron chi connectivity index (χ0n) is 13.1. The molecule has 2 rings (SSSR count). The van der Waals surface area contributed by atoms with Crippen LogP contribution in [0, 0.1) is 24.0 Å². The molecule has 0 aliphatic carbocycles. The third kappa shape index (κ3) is 4.13. The van der Waals surface area contributed by atoms with E-state index in [2.05, 4.69) is 10.3 Å². The number of benzene rings is 1. The summed E-state index contributed by atoms with van der Waals surface area (Å²) in [6.07, 6.45) is 2.85. The maximum absolute atomic E-state index is 11.9. The highest BCUT2D eigenvalue weighted by Gasteiger charge is 2.18. The van der Waals surface area contributed by atoms with Crippen LogP contribution in [0.3, 0.4) is 0 Å². The van der Waals surface area contributed by atoms with Crippen molar-refractivity contribution < 1.29 is 19.2 Å². The molecule has 1 N–H and O–H groups in total. The number of anilines is 1. The molecule has 124 valence electrons. The number of pyridine rings is 1. The number of rotatable bonds is 5. The molecule has 0 spiro atoms. The number of aromatic nitrogens is 1. The minimum atomic E-state index is -0.679. The summed E-state index contributed by atoms with van der Waals surface area (Å²) in [6.45, 7) is 2.97. The number of hydrogen-bond donors (Lipinski definition) is 1. The predicted molar refractivity (Wildman–Crippen MR) is 85.7 cm³/mol. The van der Waals surface area contributed by atoms with Gasteiger partial charge in [-0.15, -0.1) is 0 Å². The third-order valence-corrected chi connectivity index (χ3v) is 3.33. The number of aryl methyl sites for hydroxylation is 2. The lowest BCUT2D eigenvalue weighted by Gasteiger charge is -2.09. The second kappa shape index (κ2) is 7.32. The van der Waals surface area contributed by atoms with Gasteiger partial charge in [-0.05, 0) is 43.2 Å². The molecule has 2 aromatic rings. The van der Waals surface area contributed by atoms with E-state index in [1.54, 1.807) is 13.8 Å². The van der Waals surface area contributed by atoms with Crippen LogP contribution < -0.4 is 5.32 Å². The molecule has 0 atom stereocenters. The van der Waals surface area contributed by atoms with E-state index in [1.165, 1.54) is 36.7 Å². The summed E-state index contributed by atoms with van der Waals surface area (Å²) in [5.74, 6) is -1.34. The first-order valence-corrected chi connectivity index (χ1v) is 7.01. The number of carbonyl (C=O) groups is 2. The Bertz CT molecular complexity index is 790. The predicted octanol–water partition coefficient (Wildman–Crippen LogP) is 2.40. The van der Waals surface area contributed by atoms with Crippen molar-refractivity contribution in [2.24, 2.45) is 0 Å². The number of nitrogens with zero attached hydrogens (tertiary/aromatic N) is 2. The van der Waals surface area contributed by atoms with E-state index in [9.17, 15) is 19.7 Å². The summed E-state index contributed by atoms with van der Waals surface area (Å²) < 4.78 is 4.87. The highest BCUT2D eigenvalue weighted by molar-refractivity contribution is 5.96. The topological polar surface area (TPSA) is 111 Å². The minimum Gasteiger partial charge on any atom is -0.452 e. The minimum absolute atomic E-state index is 0.0630. The van der Waals surface area contributed by atoms with Crippen LogP contribution in [0.4, 0.5) is 11.4 Å². The van der Waals surface area contributed by atoms with Crippen LogP contribution in [0.2, 0.25) is 0 Å². The summed E-state index contributed by atoms with van der Waals surface area (Å²) in [7, 11) is 0. The second-order valence-corrected chi connectivity index (χ2v) is 5.07. The van der Waals surface area contributed by atoms with Crippen LogP contribution in [-0.4, -0.2) is 28.4 Å². The first-order chi connectivity index (χ1) is 11.4. The number of amides is 1. The summed E-state index contributed by atoms with van der Waals surface area (Å²) >= 11 is 0. The maximum atomic E-state index is 11.9. The number of nitro groups is 1. The van der Waals surface area contributed by atoms with Crippen LogP contribution in [0.15, 0.2) is 36.7 Å². The monoisotopic (exact) mass is 329 g/mol. The van der Waals surface area contributed by atoms with Gasteiger partial charge < -0.3 is 10.1 Å². The maximum Gasteiger partial charge on any atom is 0.338 e. The average Bonchev–Trinajstić information content (AvgIpc) is 2.56. The fourth-order valence-electron chi connectivity index (χ4n) is 1.94. The molecule has 0 fully saturated rings. The van der Waals surface area contributed by atoms with Crippen molar-refractivity contribution in [3.8, 4) is 0 Å². The van der Waals surface area contributed by atoms with Gasteiger partial charge in [-0.25, -0.2) is 4.79 Å². The van der Waals surface area contributed by atoms with Crippen molar-refractivity contribution in [3.63, 3.8) is 0 Å². The van der Waals surface area contributed by atoms with Crippen LogP contribution >= 0.6 is 0 Å². The molecule has 0 aliphatic rings. The Morgan fingerprint density at radius 2 is 1.83 bits per heavy atom. The molecule has 1 aromatic carbocycles. The fraction of sp³-hybridized carbons (Fsp3) is 0.188. The van der Waals surface area contributed by atoms with Gasteiger partial charge in [0.1, 0.15) is 5.69 Å². The number of nitrogens with one attached hydrogen (secondary N) is 1. The van der Waals surface area contributed by atoms with Crippen molar-refractivity contribution in [1.29, 1.82) is 0 Å². The number of nitro benzene ring substituents is 1. The largest absolute Gasteiger partial charge is 0.452 e. The van der Waals surface area contributed by atoms with Gasteiger partial charge in [0.05, 0.1) is 10.5 Å². The Balaban J connectivity index is 2.04. The number of esters is 1. The summed E-state index contributed by atoms with van der Waals surface area (Å²) in [5.41, 5.74) is 1.64. The van der Waals surface area contributed by atoms with Crippen molar-refractivity contribution in [2.45, 2.75) is 13.8 Å². The molecular formula is C16H15N3O5. The fourth-order valence-corrected chi connectivity index (χ4v) is 1.94. The van der Waals surface area contributed by atoms with E-state index < -0.39 is 23.4 Å². The average molecular weight is 329 g/mol.